The van der Waals surface area contributed by atoms with Crippen LogP contribution in [-0.2, 0) is 12.1 Å². The molecule has 3 heterocycles. The summed E-state index contributed by atoms with van der Waals surface area (Å²) in [5.41, 5.74) is 8.34. The topological polar surface area (TPSA) is 123 Å². The van der Waals surface area contributed by atoms with Gasteiger partial charge in [-0.25, -0.2) is 4.98 Å². The van der Waals surface area contributed by atoms with E-state index in [-0.39, 0.29) is 5.95 Å². The predicted octanol–water partition coefficient (Wildman–Crippen LogP) is 1.47. The molecule has 0 bridgehead atoms. The van der Waals surface area contributed by atoms with Crippen molar-refractivity contribution < 1.29 is 9.84 Å². The van der Waals surface area contributed by atoms with E-state index >= 15 is 0 Å². The summed E-state index contributed by atoms with van der Waals surface area (Å²) in [5.74, 6) is 1.62. The average Bonchev–Trinajstić information content (AvgIpc) is 3.09. The van der Waals surface area contributed by atoms with Gasteiger partial charge in [0, 0.05) is 25.2 Å². The zero-order chi connectivity index (χ0) is 20.4. The third kappa shape index (κ3) is 3.70. The number of ether oxygens (including phenoxy) is 1. The molecule has 0 radical (unpaired) electrons. The molecular weight excluding hydrogens is 370 g/mol. The lowest BCUT2D eigenvalue weighted by atomic mass is 9.87. The molecule has 1 fully saturated rings. The highest BCUT2D eigenvalue weighted by molar-refractivity contribution is 5.86. The summed E-state index contributed by atoms with van der Waals surface area (Å²) in [6.07, 6.45) is 3.82. The van der Waals surface area contributed by atoms with Gasteiger partial charge in [-0.05, 0) is 18.1 Å². The van der Waals surface area contributed by atoms with Crippen molar-refractivity contribution in [1.29, 1.82) is 0 Å². The summed E-state index contributed by atoms with van der Waals surface area (Å²) < 4.78 is 7.45. The second-order valence-corrected chi connectivity index (χ2v) is 7.41. The SMILES string of the molecule is CCCCNc1nc(N)nc2cnn(Cc3ccc(C4(O)CNC4)cc3OC)c12. The smallest absolute Gasteiger partial charge is 0.222 e. The molecule has 1 aliphatic rings. The maximum Gasteiger partial charge on any atom is 0.222 e. The molecule has 0 saturated carbocycles. The van der Waals surface area contributed by atoms with Gasteiger partial charge in [-0.2, -0.15) is 10.1 Å². The fraction of sp³-hybridized carbons (Fsp3) is 0.450. The van der Waals surface area contributed by atoms with Gasteiger partial charge in [-0.1, -0.05) is 25.5 Å². The summed E-state index contributed by atoms with van der Waals surface area (Å²) in [5, 5.41) is 21.5. The van der Waals surface area contributed by atoms with E-state index in [4.69, 9.17) is 10.5 Å². The van der Waals surface area contributed by atoms with Crippen LogP contribution in [0.5, 0.6) is 5.75 Å². The molecule has 29 heavy (non-hydrogen) atoms. The first kappa shape index (κ1) is 19.4. The van der Waals surface area contributed by atoms with E-state index in [1.54, 1.807) is 13.3 Å². The first-order chi connectivity index (χ1) is 14.0. The van der Waals surface area contributed by atoms with Crippen molar-refractivity contribution in [2.24, 2.45) is 0 Å². The Balaban J connectivity index is 1.67. The summed E-state index contributed by atoms with van der Waals surface area (Å²) in [7, 11) is 1.63. The molecule has 4 rings (SSSR count). The third-order valence-corrected chi connectivity index (χ3v) is 5.31. The van der Waals surface area contributed by atoms with Crippen LogP contribution in [0.3, 0.4) is 0 Å². The number of anilines is 2. The van der Waals surface area contributed by atoms with Crippen molar-refractivity contribution >= 4 is 22.8 Å². The van der Waals surface area contributed by atoms with Gasteiger partial charge < -0.3 is 26.2 Å². The van der Waals surface area contributed by atoms with Gasteiger partial charge in [0.15, 0.2) is 5.82 Å². The number of aliphatic hydroxyl groups is 1. The Bertz CT molecular complexity index is 1010. The number of unbranched alkanes of at least 4 members (excludes halogenated alkanes) is 1. The normalized spacial score (nSPS) is 15.3. The maximum atomic E-state index is 10.6. The van der Waals surface area contributed by atoms with E-state index in [0.717, 1.165) is 36.0 Å². The van der Waals surface area contributed by atoms with Gasteiger partial charge in [0.1, 0.15) is 22.4 Å². The van der Waals surface area contributed by atoms with E-state index in [1.165, 1.54) is 0 Å². The summed E-state index contributed by atoms with van der Waals surface area (Å²) in [6.45, 7) is 4.52. The van der Waals surface area contributed by atoms with E-state index in [1.807, 2.05) is 22.9 Å². The Morgan fingerprint density at radius 2 is 2.17 bits per heavy atom. The van der Waals surface area contributed by atoms with Crippen LogP contribution in [0.15, 0.2) is 24.4 Å². The molecule has 9 heteroatoms. The summed E-state index contributed by atoms with van der Waals surface area (Å²) >= 11 is 0. The first-order valence-electron chi connectivity index (χ1n) is 9.87. The van der Waals surface area contributed by atoms with Gasteiger partial charge >= 0.3 is 0 Å². The Labute approximate surface area is 169 Å². The molecule has 1 saturated heterocycles. The Morgan fingerprint density at radius 3 is 2.86 bits per heavy atom. The predicted molar refractivity (Wildman–Crippen MR) is 112 cm³/mol. The van der Waals surface area contributed by atoms with Gasteiger partial charge in [0.05, 0.1) is 19.9 Å². The zero-order valence-corrected chi connectivity index (χ0v) is 16.8. The maximum absolute atomic E-state index is 10.6. The number of benzene rings is 1. The lowest BCUT2D eigenvalue weighted by Gasteiger charge is -2.38. The number of nitrogen functional groups attached to an aromatic ring is 1. The number of β-amino-alcohol motifs (C(OH)–C–C–N with tert-alkyl or cyclic N) is 1. The monoisotopic (exact) mass is 397 g/mol. The van der Waals surface area contributed by atoms with Gasteiger partial charge in [-0.15, -0.1) is 0 Å². The van der Waals surface area contributed by atoms with Crippen molar-refractivity contribution in [3.8, 4) is 5.75 Å². The minimum absolute atomic E-state index is 0.223. The molecule has 9 nitrogen and oxygen atoms in total. The number of hydrogen-bond donors (Lipinski definition) is 4. The largest absolute Gasteiger partial charge is 0.496 e. The van der Waals surface area contributed by atoms with Crippen LogP contribution in [0, 0.1) is 0 Å². The number of methoxy groups -OCH3 is 1. The molecule has 1 aromatic carbocycles. The molecule has 154 valence electrons. The van der Waals surface area contributed by atoms with Crippen LogP contribution in [0.2, 0.25) is 0 Å². The Hall–Kier alpha value is -2.91. The average molecular weight is 397 g/mol. The second kappa shape index (κ2) is 7.84. The molecule has 5 N–H and O–H groups in total. The zero-order valence-electron chi connectivity index (χ0n) is 16.8. The number of rotatable bonds is 8. The highest BCUT2D eigenvalue weighted by Gasteiger charge is 2.36. The molecule has 0 spiro atoms. The highest BCUT2D eigenvalue weighted by atomic mass is 16.5. The lowest BCUT2D eigenvalue weighted by Crippen LogP contribution is -2.56. The van der Waals surface area contributed by atoms with E-state index in [0.29, 0.717) is 36.7 Å². The fourth-order valence-electron chi connectivity index (χ4n) is 3.54. The van der Waals surface area contributed by atoms with Crippen molar-refractivity contribution in [3.63, 3.8) is 0 Å². The number of hydrogen-bond acceptors (Lipinski definition) is 8. The van der Waals surface area contributed by atoms with Crippen LogP contribution in [0.25, 0.3) is 11.0 Å². The first-order valence-corrected chi connectivity index (χ1v) is 9.87. The molecular formula is C20H27N7O2. The molecule has 0 atom stereocenters. The van der Waals surface area contributed by atoms with Crippen molar-refractivity contribution in [2.45, 2.75) is 31.9 Å². The van der Waals surface area contributed by atoms with E-state index < -0.39 is 5.60 Å². The van der Waals surface area contributed by atoms with Crippen LogP contribution >= 0.6 is 0 Å². The molecule has 1 aliphatic heterocycles. The standard InChI is InChI=1S/C20H27N7O2/c1-3-4-7-23-18-17-15(25-19(21)26-18)9-24-27(17)10-13-5-6-14(8-16(13)29-2)20(28)11-22-12-20/h5-6,8-9,22,28H,3-4,7,10-12H2,1-2H3,(H3,21,23,25,26). The Kier molecular flexibility index (Phi) is 5.25. The van der Waals surface area contributed by atoms with Crippen LogP contribution in [0.4, 0.5) is 11.8 Å². The minimum atomic E-state index is -0.827. The van der Waals surface area contributed by atoms with E-state index in [9.17, 15) is 5.11 Å². The van der Waals surface area contributed by atoms with Gasteiger partial charge in [-0.3, -0.25) is 4.68 Å². The van der Waals surface area contributed by atoms with Crippen LogP contribution in [-0.4, -0.2) is 51.6 Å². The van der Waals surface area contributed by atoms with Gasteiger partial charge in [0.25, 0.3) is 0 Å². The van der Waals surface area contributed by atoms with Crippen molar-refractivity contribution in [1.82, 2.24) is 25.1 Å². The van der Waals surface area contributed by atoms with E-state index in [2.05, 4.69) is 32.6 Å². The highest BCUT2D eigenvalue weighted by Crippen LogP contribution is 2.31. The quantitative estimate of drug-likeness (QED) is 0.421. The molecule has 0 amide bonds. The van der Waals surface area contributed by atoms with Gasteiger partial charge in [0.2, 0.25) is 5.95 Å². The number of nitrogens with two attached hydrogens (primary N) is 1. The lowest BCUT2D eigenvalue weighted by molar-refractivity contribution is -0.0148. The van der Waals surface area contributed by atoms with Crippen LogP contribution < -0.4 is 21.1 Å². The number of nitrogens with one attached hydrogen (secondary N) is 2. The summed E-state index contributed by atoms with van der Waals surface area (Å²) in [4.78, 5) is 8.69. The summed E-state index contributed by atoms with van der Waals surface area (Å²) in [6, 6.07) is 5.82. The molecule has 3 aromatic rings. The second-order valence-electron chi connectivity index (χ2n) is 7.41. The minimum Gasteiger partial charge on any atom is -0.496 e. The fourth-order valence-corrected chi connectivity index (χ4v) is 3.54. The van der Waals surface area contributed by atoms with Crippen molar-refractivity contribution in [3.05, 3.63) is 35.5 Å². The molecule has 2 aromatic heterocycles. The Morgan fingerprint density at radius 1 is 1.34 bits per heavy atom. The number of fused-ring (bicyclic) bond motifs is 1. The number of nitrogens with zero attached hydrogens (tertiary/aromatic N) is 4. The third-order valence-electron chi connectivity index (χ3n) is 5.31. The van der Waals surface area contributed by atoms with Crippen molar-refractivity contribution in [2.75, 3.05) is 37.8 Å². The number of aromatic nitrogens is 4. The molecule has 0 aliphatic carbocycles. The van der Waals surface area contributed by atoms with Crippen LogP contribution in [0.1, 0.15) is 30.9 Å². The molecule has 0 unspecified atom stereocenters.